The maximum Gasteiger partial charge on any atom is 0.225 e. The molecule has 0 bridgehead atoms. The van der Waals surface area contributed by atoms with Crippen molar-refractivity contribution in [2.24, 2.45) is 5.41 Å². The summed E-state index contributed by atoms with van der Waals surface area (Å²) in [5, 5.41) is 3.32. The molecule has 1 saturated heterocycles. The number of benzene rings is 1. The number of carbonyl (C=O) groups is 1. The van der Waals surface area contributed by atoms with Crippen LogP contribution in [0.5, 0.6) is 0 Å². The van der Waals surface area contributed by atoms with Crippen molar-refractivity contribution in [3.8, 4) is 0 Å². The molecule has 1 amide bonds. The summed E-state index contributed by atoms with van der Waals surface area (Å²) in [4.78, 5) is 14.4. The summed E-state index contributed by atoms with van der Waals surface area (Å²) in [6, 6.07) is 4.36. The number of hydrogen-bond donors (Lipinski definition) is 1. The van der Waals surface area contributed by atoms with Crippen LogP contribution in [0, 0.1) is 11.2 Å². The van der Waals surface area contributed by atoms with E-state index in [0.29, 0.717) is 36.8 Å². The molecule has 0 unspecified atom stereocenters. The molecule has 1 heterocycles. The van der Waals surface area contributed by atoms with Crippen molar-refractivity contribution >= 4 is 17.5 Å². The number of carbonyl (C=O) groups excluding carboxylic acids is 1. The third-order valence-electron chi connectivity index (χ3n) is 4.18. The molecule has 24 heavy (non-hydrogen) atoms. The number of amides is 1. The normalized spacial score (nSPS) is 20.7. The third kappa shape index (κ3) is 4.68. The van der Waals surface area contributed by atoms with Crippen molar-refractivity contribution in [3.05, 3.63) is 34.6 Å². The molecule has 1 aromatic carbocycles. The van der Waals surface area contributed by atoms with Crippen LogP contribution in [0.3, 0.4) is 0 Å². The van der Waals surface area contributed by atoms with E-state index in [1.54, 1.807) is 12.1 Å². The Balaban J connectivity index is 2.26. The SMILES string of the molecule is C[C@@H]1CN([C@@H](CNC(=O)C(C)(C)C)c2c(F)cccc2Cl)CCO1. The first kappa shape index (κ1) is 19.2. The molecule has 1 aromatic rings. The van der Waals surface area contributed by atoms with Crippen molar-refractivity contribution in [1.82, 2.24) is 10.2 Å². The fourth-order valence-corrected chi connectivity index (χ4v) is 3.11. The average Bonchev–Trinajstić information content (AvgIpc) is 2.48. The van der Waals surface area contributed by atoms with Crippen LogP contribution in [0.25, 0.3) is 0 Å². The Kier molecular flexibility index (Phi) is 6.23. The van der Waals surface area contributed by atoms with E-state index in [0.717, 1.165) is 0 Å². The van der Waals surface area contributed by atoms with E-state index in [1.807, 2.05) is 27.7 Å². The van der Waals surface area contributed by atoms with E-state index >= 15 is 0 Å². The van der Waals surface area contributed by atoms with Crippen molar-refractivity contribution in [2.45, 2.75) is 39.8 Å². The van der Waals surface area contributed by atoms with Crippen LogP contribution in [-0.2, 0) is 9.53 Å². The first-order valence-corrected chi connectivity index (χ1v) is 8.66. The van der Waals surface area contributed by atoms with Gasteiger partial charge in [0.1, 0.15) is 5.82 Å². The molecule has 6 heteroatoms. The summed E-state index contributed by atoms with van der Waals surface area (Å²) >= 11 is 6.27. The first-order chi connectivity index (χ1) is 11.2. The van der Waals surface area contributed by atoms with Crippen molar-refractivity contribution in [1.29, 1.82) is 0 Å². The smallest absolute Gasteiger partial charge is 0.225 e. The van der Waals surface area contributed by atoms with Gasteiger partial charge in [0.15, 0.2) is 0 Å². The zero-order chi connectivity index (χ0) is 17.9. The molecule has 1 N–H and O–H groups in total. The Labute approximate surface area is 148 Å². The number of morpholine rings is 1. The highest BCUT2D eigenvalue weighted by Crippen LogP contribution is 2.31. The molecule has 1 aliphatic heterocycles. The van der Waals surface area contributed by atoms with E-state index in [9.17, 15) is 9.18 Å². The summed E-state index contributed by atoms with van der Waals surface area (Å²) in [6.07, 6.45) is 0.0603. The Bertz CT molecular complexity index is 569. The van der Waals surface area contributed by atoms with Gasteiger partial charge in [-0.2, -0.15) is 0 Å². The lowest BCUT2D eigenvalue weighted by molar-refractivity contribution is -0.128. The number of ether oxygens (including phenoxy) is 1. The van der Waals surface area contributed by atoms with Crippen LogP contribution in [0.4, 0.5) is 4.39 Å². The second-order valence-electron chi connectivity index (χ2n) is 7.29. The number of halogens is 2. The molecular formula is C18H26ClFN2O2. The highest BCUT2D eigenvalue weighted by Gasteiger charge is 2.30. The molecule has 2 rings (SSSR count). The van der Waals surface area contributed by atoms with E-state index in [-0.39, 0.29) is 23.9 Å². The van der Waals surface area contributed by atoms with Gasteiger partial charge < -0.3 is 10.1 Å². The van der Waals surface area contributed by atoms with Crippen LogP contribution in [0.2, 0.25) is 5.02 Å². The molecule has 0 aromatic heterocycles. The Hall–Kier alpha value is -1.17. The second kappa shape index (κ2) is 7.81. The van der Waals surface area contributed by atoms with Gasteiger partial charge in [-0.3, -0.25) is 9.69 Å². The highest BCUT2D eigenvalue weighted by molar-refractivity contribution is 6.31. The molecule has 0 saturated carbocycles. The fourth-order valence-electron chi connectivity index (χ4n) is 2.83. The monoisotopic (exact) mass is 356 g/mol. The van der Waals surface area contributed by atoms with Crippen molar-refractivity contribution in [3.63, 3.8) is 0 Å². The predicted octanol–water partition coefficient (Wildman–Crippen LogP) is 3.40. The largest absolute Gasteiger partial charge is 0.376 e. The van der Waals surface area contributed by atoms with Gasteiger partial charge in [0.05, 0.1) is 18.8 Å². The number of hydrogen-bond acceptors (Lipinski definition) is 3. The van der Waals surface area contributed by atoms with Crippen LogP contribution in [0.1, 0.15) is 39.3 Å². The topological polar surface area (TPSA) is 41.6 Å². The van der Waals surface area contributed by atoms with E-state index in [2.05, 4.69) is 10.2 Å². The highest BCUT2D eigenvalue weighted by atomic mass is 35.5. The molecule has 1 aliphatic rings. The predicted molar refractivity (Wildman–Crippen MR) is 93.6 cm³/mol. The van der Waals surface area contributed by atoms with Gasteiger partial charge in [-0.25, -0.2) is 4.39 Å². The summed E-state index contributed by atoms with van der Waals surface area (Å²) in [5.41, 5.74) is -0.0653. The molecule has 0 radical (unpaired) electrons. The summed E-state index contributed by atoms with van der Waals surface area (Å²) in [7, 11) is 0. The van der Waals surface area contributed by atoms with Crippen LogP contribution in [0.15, 0.2) is 18.2 Å². The van der Waals surface area contributed by atoms with Crippen LogP contribution in [-0.4, -0.2) is 43.2 Å². The molecule has 134 valence electrons. The molecule has 0 aliphatic carbocycles. The van der Waals surface area contributed by atoms with E-state index in [1.165, 1.54) is 6.07 Å². The minimum Gasteiger partial charge on any atom is -0.376 e. The zero-order valence-corrected chi connectivity index (χ0v) is 15.5. The standard InChI is InChI=1S/C18H26ClFN2O2/c1-12-11-22(8-9-24-12)15(10-21-17(23)18(2,3)4)16-13(19)6-5-7-14(16)20/h5-7,12,15H,8-11H2,1-4H3,(H,21,23)/t12-,15+/m1/s1. The van der Waals surface area contributed by atoms with Gasteiger partial charge >= 0.3 is 0 Å². The molecule has 0 spiro atoms. The minimum atomic E-state index is -0.498. The molecule has 2 atom stereocenters. The Morgan fingerprint density at radius 2 is 2.21 bits per heavy atom. The fraction of sp³-hybridized carbons (Fsp3) is 0.611. The Morgan fingerprint density at radius 3 is 2.79 bits per heavy atom. The van der Waals surface area contributed by atoms with Gasteiger partial charge in [-0.05, 0) is 19.1 Å². The summed E-state index contributed by atoms with van der Waals surface area (Å²) < 4.78 is 20.0. The van der Waals surface area contributed by atoms with Gasteiger partial charge in [-0.1, -0.05) is 38.4 Å². The lowest BCUT2D eigenvalue weighted by atomic mass is 9.95. The van der Waals surface area contributed by atoms with Crippen LogP contribution >= 0.6 is 11.6 Å². The summed E-state index contributed by atoms with van der Waals surface area (Å²) in [5.74, 6) is -0.419. The van der Waals surface area contributed by atoms with Gasteiger partial charge in [-0.15, -0.1) is 0 Å². The number of nitrogens with zero attached hydrogens (tertiary/aromatic N) is 1. The zero-order valence-electron chi connectivity index (χ0n) is 14.7. The molecular weight excluding hydrogens is 331 g/mol. The van der Waals surface area contributed by atoms with Gasteiger partial charge in [0.25, 0.3) is 0 Å². The van der Waals surface area contributed by atoms with Crippen LogP contribution < -0.4 is 5.32 Å². The minimum absolute atomic E-state index is 0.0603. The quantitative estimate of drug-likeness (QED) is 0.899. The summed E-state index contributed by atoms with van der Waals surface area (Å²) in [6.45, 7) is 9.77. The lowest BCUT2D eigenvalue weighted by Gasteiger charge is -2.38. The van der Waals surface area contributed by atoms with E-state index in [4.69, 9.17) is 16.3 Å². The number of nitrogens with one attached hydrogen (secondary N) is 1. The lowest BCUT2D eigenvalue weighted by Crippen LogP contribution is -2.48. The van der Waals surface area contributed by atoms with Gasteiger partial charge in [0.2, 0.25) is 5.91 Å². The van der Waals surface area contributed by atoms with E-state index < -0.39 is 5.41 Å². The maximum atomic E-state index is 14.5. The molecule has 1 fully saturated rings. The Morgan fingerprint density at radius 1 is 1.50 bits per heavy atom. The third-order valence-corrected chi connectivity index (χ3v) is 4.51. The molecule has 4 nitrogen and oxygen atoms in total. The number of rotatable bonds is 4. The first-order valence-electron chi connectivity index (χ1n) is 8.28. The van der Waals surface area contributed by atoms with Crippen molar-refractivity contribution in [2.75, 3.05) is 26.2 Å². The maximum absolute atomic E-state index is 14.5. The van der Waals surface area contributed by atoms with Crippen molar-refractivity contribution < 1.29 is 13.9 Å². The average molecular weight is 357 g/mol. The van der Waals surface area contributed by atoms with Gasteiger partial charge in [0, 0.05) is 35.6 Å². The second-order valence-corrected chi connectivity index (χ2v) is 7.69.